The van der Waals surface area contributed by atoms with Gasteiger partial charge in [0.15, 0.2) is 6.17 Å². The zero-order valence-electron chi connectivity index (χ0n) is 15.0. The smallest absolute Gasteiger partial charge is 0.240 e. The predicted molar refractivity (Wildman–Crippen MR) is 92.0 cm³/mol. The summed E-state index contributed by atoms with van der Waals surface area (Å²) in [5.41, 5.74) is 1.27. The van der Waals surface area contributed by atoms with Crippen molar-refractivity contribution in [1.29, 1.82) is 0 Å². The molecule has 3 N–H and O–H groups in total. The molecule has 27 heavy (non-hydrogen) atoms. The summed E-state index contributed by atoms with van der Waals surface area (Å²) < 4.78 is 36.0. The Balaban J connectivity index is 1.94. The van der Waals surface area contributed by atoms with E-state index in [4.69, 9.17) is 9.84 Å². The van der Waals surface area contributed by atoms with E-state index in [0.717, 1.165) is 12.5 Å². The van der Waals surface area contributed by atoms with Crippen LogP contribution in [0.2, 0.25) is 0 Å². The lowest BCUT2D eigenvalue weighted by molar-refractivity contribution is -0.288. The maximum Gasteiger partial charge on any atom is 0.240 e. The van der Waals surface area contributed by atoms with Gasteiger partial charge in [0, 0.05) is 11.5 Å². The van der Waals surface area contributed by atoms with E-state index < -0.39 is 48.9 Å². The van der Waals surface area contributed by atoms with E-state index in [1.165, 1.54) is 10.9 Å². The van der Waals surface area contributed by atoms with Crippen molar-refractivity contribution in [2.24, 2.45) is 5.92 Å². The fourth-order valence-electron chi connectivity index (χ4n) is 3.45. The van der Waals surface area contributed by atoms with E-state index in [2.05, 4.69) is 10.3 Å². The van der Waals surface area contributed by atoms with Crippen molar-refractivity contribution in [2.75, 3.05) is 6.61 Å². The molecule has 0 radical (unpaired) electrons. The third kappa shape index (κ3) is 3.73. The van der Waals surface area contributed by atoms with Gasteiger partial charge in [0.05, 0.1) is 24.9 Å². The van der Waals surface area contributed by atoms with Crippen molar-refractivity contribution in [2.45, 2.75) is 50.2 Å². The Kier molecular flexibility index (Phi) is 5.57. The van der Waals surface area contributed by atoms with Crippen LogP contribution in [0, 0.1) is 5.92 Å². The molecule has 2 aromatic rings. The van der Waals surface area contributed by atoms with Crippen LogP contribution in [0.5, 0.6) is 0 Å². The molecule has 2 heterocycles. The van der Waals surface area contributed by atoms with Crippen LogP contribution in [-0.4, -0.2) is 67.3 Å². The van der Waals surface area contributed by atoms with E-state index in [1.807, 2.05) is 30.3 Å². The SMILES string of the molecule is C[C@H]1[C@H]([C@H](O)[C@H](O)CO)OC(C)(F)C(F)[C@@H]1n1cc(-c2ccccc2)nn1. The van der Waals surface area contributed by atoms with Crippen LogP contribution in [0.25, 0.3) is 11.3 Å². The monoisotopic (exact) mass is 383 g/mol. The number of aliphatic hydroxyl groups excluding tert-OH is 3. The summed E-state index contributed by atoms with van der Waals surface area (Å²) in [5, 5.41) is 37.0. The average Bonchev–Trinajstić information content (AvgIpc) is 3.14. The van der Waals surface area contributed by atoms with Gasteiger partial charge in [-0.05, 0) is 6.92 Å². The summed E-state index contributed by atoms with van der Waals surface area (Å²) in [4.78, 5) is 0. The summed E-state index contributed by atoms with van der Waals surface area (Å²) in [6, 6.07) is 8.01. The van der Waals surface area contributed by atoms with Crippen LogP contribution in [0.15, 0.2) is 36.5 Å². The first-order valence-electron chi connectivity index (χ1n) is 8.71. The third-order valence-electron chi connectivity index (χ3n) is 5.02. The fourth-order valence-corrected chi connectivity index (χ4v) is 3.45. The standard InChI is InChI=1S/C18H23F2N3O4/c1-10-14(23-8-12(21-22-23)11-6-4-3-5-7-11)17(19)18(2,20)27-16(10)15(26)13(25)9-24/h3-8,10,13-17,24-26H,9H2,1-2H3/t10-,13-,14-,15-,16-,17?,18?/m1/s1. The maximum atomic E-state index is 14.9. The van der Waals surface area contributed by atoms with Crippen LogP contribution in [0.4, 0.5) is 8.78 Å². The molecule has 7 atom stereocenters. The normalized spacial score (nSPS) is 33.6. The first-order valence-corrected chi connectivity index (χ1v) is 8.71. The second kappa shape index (κ2) is 7.59. The van der Waals surface area contributed by atoms with E-state index in [-0.39, 0.29) is 0 Å². The predicted octanol–water partition coefficient (Wildman–Crippen LogP) is 1.26. The van der Waals surface area contributed by atoms with Crippen molar-refractivity contribution in [3.63, 3.8) is 0 Å². The van der Waals surface area contributed by atoms with E-state index >= 15 is 0 Å². The van der Waals surface area contributed by atoms with Gasteiger partial charge in [0.25, 0.3) is 0 Å². The Hall–Kier alpha value is -1.94. The fraction of sp³-hybridized carbons (Fsp3) is 0.556. The summed E-state index contributed by atoms with van der Waals surface area (Å²) in [6.45, 7) is 1.76. The van der Waals surface area contributed by atoms with Crippen molar-refractivity contribution in [3.05, 3.63) is 36.5 Å². The van der Waals surface area contributed by atoms with Crippen LogP contribution >= 0.6 is 0 Å². The molecule has 0 saturated carbocycles. The largest absolute Gasteiger partial charge is 0.394 e. The number of benzene rings is 1. The summed E-state index contributed by atoms with van der Waals surface area (Å²) in [7, 11) is 0. The Morgan fingerprint density at radius 3 is 2.59 bits per heavy atom. The van der Waals surface area contributed by atoms with Gasteiger partial charge in [-0.15, -0.1) is 5.10 Å². The second-order valence-corrected chi connectivity index (χ2v) is 7.01. The molecule has 1 aromatic carbocycles. The molecule has 1 aliphatic rings. The number of hydrogen-bond acceptors (Lipinski definition) is 6. The summed E-state index contributed by atoms with van der Waals surface area (Å²) in [5.74, 6) is -3.47. The van der Waals surface area contributed by atoms with Gasteiger partial charge >= 0.3 is 0 Å². The maximum absolute atomic E-state index is 14.9. The highest BCUT2D eigenvalue weighted by Crippen LogP contribution is 2.44. The van der Waals surface area contributed by atoms with Gasteiger partial charge < -0.3 is 20.1 Å². The molecule has 0 aliphatic carbocycles. The molecular formula is C18H23F2N3O4. The van der Waals surface area contributed by atoms with Crippen molar-refractivity contribution in [3.8, 4) is 11.3 Å². The Bertz CT molecular complexity index is 758. The molecule has 1 aliphatic heterocycles. The van der Waals surface area contributed by atoms with E-state index in [1.54, 1.807) is 6.92 Å². The average molecular weight is 383 g/mol. The zero-order chi connectivity index (χ0) is 19.8. The van der Waals surface area contributed by atoms with Gasteiger partial charge in [-0.25, -0.2) is 13.5 Å². The highest BCUT2D eigenvalue weighted by Gasteiger charge is 2.55. The number of aromatic nitrogens is 3. The minimum Gasteiger partial charge on any atom is -0.394 e. The Morgan fingerprint density at radius 2 is 1.96 bits per heavy atom. The molecule has 148 valence electrons. The Labute approximate surface area is 155 Å². The van der Waals surface area contributed by atoms with E-state index in [9.17, 15) is 19.0 Å². The second-order valence-electron chi connectivity index (χ2n) is 7.01. The Morgan fingerprint density at radius 1 is 1.30 bits per heavy atom. The minimum atomic E-state index is -2.71. The molecule has 7 nitrogen and oxygen atoms in total. The number of ether oxygens (including phenoxy) is 1. The highest BCUT2D eigenvalue weighted by atomic mass is 19.2. The number of nitrogens with zero attached hydrogens (tertiary/aromatic N) is 3. The molecule has 0 amide bonds. The molecule has 0 spiro atoms. The number of halogens is 2. The number of hydrogen-bond donors (Lipinski definition) is 3. The van der Waals surface area contributed by atoms with Crippen LogP contribution < -0.4 is 0 Å². The lowest BCUT2D eigenvalue weighted by Gasteiger charge is -2.46. The highest BCUT2D eigenvalue weighted by molar-refractivity contribution is 5.57. The van der Waals surface area contributed by atoms with Crippen molar-refractivity contribution < 1.29 is 28.8 Å². The van der Waals surface area contributed by atoms with Gasteiger partial charge in [0.1, 0.15) is 17.9 Å². The molecule has 9 heteroatoms. The lowest BCUT2D eigenvalue weighted by atomic mass is 9.82. The first kappa shape index (κ1) is 19.8. The van der Waals surface area contributed by atoms with E-state index in [0.29, 0.717) is 5.69 Å². The third-order valence-corrected chi connectivity index (χ3v) is 5.02. The topological polar surface area (TPSA) is 101 Å². The van der Waals surface area contributed by atoms with Crippen molar-refractivity contribution in [1.82, 2.24) is 15.0 Å². The molecule has 1 fully saturated rings. The molecular weight excluding hydrogens is 360 g/mol. The number of aliphatic hydroxyl groups is 3. The molecule has 1 saturated heterocycles. The van der Waals surface area contributed by atoms with Crippen molar-refractivity contribution >= 4 is 0 Å². The van der Waals surface area contributed by atoms with Crippen LogP contribution in [-0.2, 0) is 4.74 Å². The van der Waals surface area contributed by atoms with Gasteiger partial charge in [0.2, 0.25) is 5.85 Å². The van der Waals surface area contributed by atoms with Crippen LogP contribution in [0.3, 0.4) is 0 Å². The lowest BCUT2D eigenvalue weighted by Crippen LogP contribution is -2.59. The minimum absolute atomic E-state index is 0.495. The van der Waals surface area contributed by atoms with Gasteiger partial charge in [-0.1, -0.05) is 42.5 Å². The van der Waals surface area contributed by atoms with Gasteiger partial charge in [-0.3, -0.25) is 0 Å². The summed E-state index contributed by atoms with van der Waals surface area (Å²) >= 11 is 0. The van der Waals surface area contributed by atoms with Gasteiger partial charge in [-0.2, -0.15) is 0 Å². The molecule has 2 unspecified atom stereocenters. The molecule has 0 bridgehead atoms. The number of rotatable bonds is 5. The molecule has 1 aromatic heterocycles. The number of alkyl halides is 2. The zero-order valence-corrected chi connectivity index (χ0v) is 15.0. The molecule has 3 rings (SSSR count). The first-order chi connectivity index (χ1) is 12.8. The quantitative estimate of drug-likeness (QED) is 0.719. The summed E-state index contributed by atoms with van der Waals surface area (Å²) in [6.07, 6.45) is -4.94. The van der Waals surface area contributed by atoms with Crippen LogP contribution in [0.1, 0.15) is 19.9 Å².